The summed E-state index contributed by atoms with van der Waals surface area (Å²) in [5.74, 6) is 3.49. The summed E-state index contributed by atoms with van der Waals surface area (Å²) >= 11 is 1.84. The van der Waals surface area contributed by atoms with E-state index in [2.05, 4.69) is 253 Å². The molecule has 11 aromatic carbocycles. The lowest BCUT2D eigenvalue weighted by atomic mass is 9.31. The lowest BCUT2D eigenvalue weighted by Gasteiger charge is -2.42. The first-order valence-corrected chi connectivity index (χ1v) is 25.5. The molecule has 4 aliphatic rings. The first kappa shape index (κ1) is 41.2. The van der Waals surface area contributed by atoms with Gasteiger partial charge in [-0.1, -0.05) is 175 Å². The van der Waals surface area contributed by atoms with E-state index >= 15 is 0 Å². The van der Waals surface area contributed by atoms with Crippen LogP contribution in [0.25, 0.3) is 33.0 Å². The monoisotopic (exact) mass is 936 g/mol. The van der Waals surface area contributed by atoms with Crippen LogP contribution in [-0.2, 0) is 0 Å². The van der Waals surface area contributed by atoms with E-state index in [9.17, 15) is 0 Å². The molecule has 0 aromatic heterocycles. The lowest BCUT2D eigenvalue weighted by Crippen LogP contribution is -2.63. The third-order valence-corrected chi connectivity index (χ3v) is 16.3. The molecule has 72 heavy (non-hydrogen) atoms. The van der Waals surface area contributed by atoms with Gasteiger partial charge in [0.2, 0.25) is 0 Å². The lowest BCUT2D eigenvalue weighted by molar-refractivity contribution is 0.486. The molecule has 7 heteroatoms. The highest BCUT2D eigenvalue weighted by Gasteiger charge is 2.46. The average Bonchev–Trinajstić information content (AvgIpc) is 3.43. The summed E-state index contributed by atoms with van der Waals surface area (Å²) < 4.78 is 14.6. The molecule has 4 nitrogen and oxygen atoms in total. The Balaban J connectivity index is 1.00. The maximum Gasteiger partial charge on any atom is 0.256 e. The minimum absolute atomic E-state index is 0.0600. The van der Waals surface area contributed by atoms with Gasteiger partial charge in [0.05, 0.1) is 11.4 Å². The molecule has 4 heterocycles. The molecule has 15 rings (SSSR count). The largest absolute Gasteiger partial charge is 0.458 e. The molecule has 0 radical (unpaired) electrons. The number of anilines is 6. The minimum atomic E-state index is -0.114. The average molecular weight is 937 g/mol. The zero-order chi connectivity index (χ0) is 47.4. The van der Waals surface area contributed by atoms with E-state index in [0.29, 0.717) is 0 Å². The summed E-state index contributed by atoms with van der Waals surface area (Å²) in [4.78, 5) is 7.30. The first-order valence-electron chi connectivity index (χ1n) is 24.7. The number of aryl methyl sites for hydroxylation is 1. The summed E-state index contributed by atoms with van der Waals surface area (Å²) in [5.41, 5.74) is 19.5. The first-order chi connectivity index (χ1) is 35.6. The van der Waals surface area contributed by atoms with Crippen molar-refractivity contribution >= 4 is 103 Å². The molecular formula is C65H42B2N2O2S. The van der Waals surface area contributed by atoms with Crippen LogP contribution in [0.15, 0.2) is 246 Å². The molecule has 0 bridgehead atoms. The molecule has 0 amide bonds. The number of hydrogen-bond donors (Lipinski definition) is 0. The van der Waals surface area contributed by atoms with Gasteiger partial charge in [-0.25, -0.2) is 0 Å². The van der Waals surface area contributed by atoms with Crippen molar-refractivity contribution < 1.29 is 9.47 Å². The van der Waals surface area contributed by atoms with Crippen molar-refractivity contribution in [2.75, 3.05) is 9.80 Å². The van der Waals surface area contributed by atoms with Crippen molar-refractivity contribution in [3.8, 4) is 45.3 Å². The Labute approximate surface area is 423 Å². The molecule has 11 aromatic rings. The zero-order valence-electron chi connectivity index (χ0n) is 39.3. The van der Waals surface area contributed by atoms with E-state index in [1.807, 2.05) is 11.8 Å². The molecule has 0 saturated heterocycles. The van der Waals surface area contributed by atoms with Gasteiger partial charge in [-0.2, -0.15) is 0 Å². The van der Waals surface area contributed by atoms with Gasteiger partial charge in [0.1, 0.15) is 23.0 Å². The fourth-order valence-electron chi connectivity index (χ4n) is 11.9. The van der Waals surface area contributed by atoms with Gasteiger partial charge < -0.3 is 19.3 Å². The van der Waals surface area contributed by atoms with Crippen LogP contribution < -0.4 is 52.1 Å². The molecule has 336 valence electrons. The molecule has 0 atom stereocenters. The van der Waals surface area contributed by atoms with Crippen LogP contribution in [0.1, 0.15) is 5.56 Å². The highest BCUT2D eigenvalue weighted by atomic mass is 32.2. The van der Waals surface area contributed by atoms with Gasteiger partial charge in [0.25, 0.3) is 13.4 Å². The van der Waals surface area contributed by atoms with Crippen LogP contribution in [-0.4, -0.2) is 13.4 Å². The van der Waals surface area contributed by atoms with Crippen LogP contribution >= 0.6 is 11.8 Å². The van der Waals surface area contributed by atoms with Crippen LogP contribution in [0.2, 0.25) is 0 Å². The van der Waals surface area contributed by atoms with E-state index in [0.717, 1.165) is 84.7 Å². The molecular weight excluding hydrogens is 894 g/mol. The molecule has 4 aliphatic heterocycles. The zero-order valence-corrected chi connectivity index (χ0v) is 40.1. The van der Waals surface area contributed by atoms with Crippen molar-refractivity contribution in [2.24, 2.45) is 0 Å². The van der Waals surface area contributed by atoms with Crippen molar-refractivity contribution in [3.05, 3.63) is 242 Å². The fraction of sp³-hybridized carbons (Fsp3) is 0.0154. The van der Waals surface area contributed by atoms with Gasteiger partial charge in [-0.3, -0.25) is 0 Å². The highest BCUT2D eigenvalue weighted by molar-refractivity contribution is 8.00. The van der Waals surface area contributed by atoms with Crippen LogP contribution in [0.5, 0.6) is 23.0 Å². The van der Waals surface area contributed by atoms with E-state index in [-0.39, 0.29) is 13.4 Å². The Kier molecular flexibility index (Phi) is 9.27. The Morgan fingerprint density at radius 3 is 1.85 bits per heavy atom. The summed E-state index contributed by atoms with van der Waals surface area (Å²) in [5, 5.41) is 2.42. The maximum absolute atomic E-state index is 7.50. The van der Waals surface area contributed by atoms with Gasteiger partial charge in [0.15, 0.2) is 0 Å². The smallest absolute Gasteiger partial charge is 0.256 e. The fourth-order valence-corrected chi connectivity index (χ4v) is 13.1. The van der Waals surface area contributed by atoms with E-state index in [4.69, 9.17) is 9.47 Å². The predicted molar refractivity (Wildman–Crippen MR) is 302 cm³/mol. The summed E-state index contributed by atoms with van der Waals surface area (Å²) in [7, 11) is 0. The van der Waals surface area contributed by atoms with Gasteiger partial charge in [-0.15, -0.1) is 0 Å². The van der Waals surface area contributed by atoms with Crippen LogP contribution in [0.3, 0.4) is 0 Å². The van der Waals surface area contributed by atoms with Gasteiger partial charge in [-0.05, 0) is 134 Å². The normalized spacial score (nSPS) is 13.2. The minimum Gasteiger partial charge on any atom is -0.458 e. The third kappa shape index (κ3) is 6.37. The van der Waals surface area contributed by atoms with Crippen LogP contribution in [0.4, 0.5) is 34.1 Å². The second-order valence-corrected chi connectivity index (χ2v) is 20.3. The molecule has 0 unspecified atom stereocenters. The SMILES string of the molecule is Cc1ccccc1-c1cc2c3c(c1)N(c1ccccc1-c1ccc4ccccc4c1)c1cc4c(cc1B3c1ccccc1O2)B1c2ccccc2Sc2cc(N(c3ccccc3)c3ccccc3)cc(c21)O4. The van der Waals surface area contributed by atoms with E-state index < -0.39 is 0 Å². The molecule has 0 spiro atoms. The number of rotatable bonds is 6. The molecule has 0 fully saturated rings. The molecule has 0 saturated carbocycles. The highest BCUT2D eigenvalue weighted by Crippen LogP contribution is 2.49. The Morgan fingerprint density at radius 1 is 0.375 bits per heavy atom. The number of ether oxygens (including phenoxy) is 2. The van der Waals surface area contributed by atoms with E-state index in [1.165, 1.54) is 53.5 Å². The van der Waals surface area contributed by atoms with Gasteiger partial charge in [0, 0.05) is 50.2 Å². The number of benzene rings is 11. The molecule has 0 N–H and O–H groups in total. The number of hydrogen-bond acceptors (Lipinski definition) is 5. The number of para-hydroxylation sites is 4. The summed E-state index contributed by atoms with van der Waals surface area (Å²) in [6.45, 7) is 2.02. The predicted octanol–water partition coefficient (Wildman–Crippen LogP) is 13.4. The van der Waals surface area contributed by atoms with Crippen molar-refractivity contribution in [2.45, 2.75) is 16.7 Å². The van der Waals surface area contributed by atoms with Crippen molar-refractivity contribution in [1.82, 2.24) is 0 Å². The standard InChI is InChI=1S/C65H42B2N2O2S/c1-41-18-8-11-25-49(41)45-35-57-64-60(36-45)70-58-30-16-13-27-51(58)66(64)53-39-54-59(40-56(53)69(57)55-29-15-12-26-50(55)44-33-32-42-19-9-10-20-43(42)34-44)71-61-37-48(38-63-65(61)67(54)52-28-14-17-31-62(52)72-63)68(46-21-4-2-5-22-46)47-23-6-3-7-24-47/h2-40H,1H3. The molecule has 0 aliphatic carbocycles. The van der Waals surface area contributed by atoms with Crippen molar-refractivity contribution in [3.63, 3.8) is 0 Å². The summed E-state index contributed by atoms with van der Waals surface area (Å²) in [6.07, 6.45) is 0. The topological polar surface area (TPSA) is 24.9 Å². The Hall–Kier alpha value is -8.64. The number of fused-ring (bicyclic) bond motifs is 9. The quantitative estimate of drug-likeness (QED) is 0.155. The van der Waals surface area contributed by atoms with Crippen LogP contribution in [0, 0.1) is 6.92 Å². The van der Waals surface area contributed by atoms with Crippen molar-refractivity contribution in [1.29, 1.82) is 0 Å². The van der Waals surface area contributed by atoms with E-state index in [1.54, 1.807) is 0 Å². The van der Waals surface area contributed by atoms with Gasteiger partial charge >= 0.3 is 0 Å². The maximum atomic E-state index is 7.50. The second kappa shape index (κ2) is 16.2. The number of nitrogens with zero attached hydrogens (tertiary/aromatic N) is 2. The summed E-state index contributed by atoms with van der Waals surface area (Å²) in [6, 6.07) is 86.0. The second-order valence-electron chi connectivity index (χ2n) is 19.2. The third-order valence-electron chi connectivity index (χ3n) is 15.1. The Morgan fingerprint density at radius 2 is 1.03 bits per heavy atom. The Bertz CT molecular complexity index is 3990.